The third-order valence-electron chi connectivity index (χ3n) is 3.07. The van der Waals surface area contributed by atoms with Gasteiger partial charge < -0.3 is 15.0 Å². The summed E-state index contributed by atoms with van der Waals surface area (Å²) in [6, 6.07) is 11.0. The Morgan fingerprint density at radius 2 is 2.06 bits per heavy atom. The zero-order valence-corrected chi connectivity index (χ0v) is 10.6. The first kappa shape index (κ1) is 12.6. The third-order valence-corrected chi connectivity index (χ3v) is 3.07. The Balaban J connectivity index is 1.44. The lowest BCUT2D eigenvalue weighted by Crippen LogP contribution is -2.56. The van der Waals surface area contributed by atoms with E-state index in [1.807, 2.05) is 18.2 Å². The van der Waals surface area contributed by atoms with Crippen LogP contribution in [0.1, 0.15) is 12.0 Å². The van der Waals surface area contributed by atoms with Crippen LogP contribution in [0.4, 0.5) is 0 Å². The summed E-state index contributed by atoms with van der Waals surface area (Å²) in [6.45, 7) is 5.00. The monoisotopic (exact) mass is 234 g/mol. The molecule has 1 aromatic carbocycles. The quantitative estimate of drug-likeness (QED) is 0.724. The molecule has 1 aromatic rings. The summed E-state index contributed by atoms with van der Waals surface area (Å²) in [5, 5.41) is 3.53. The highest BCUT2D eigenvalue weighted by Crippen LogP contribution is 2.03. The molecule has 0 aromatic heterocycles. The molecule has 1 aliphatic heterocycles. The summed E-state index contributed by atoms with van der Waals surface area (Å²) in [4.78, 5) is 2.32. The fourth-order valence-electron chi connectivity index (χ4n) is 2.07. The fraction of sp³-hybridized carbons (Fsp3) is 0.571. The number of ether oxygens (including phenoxy) is 1. The molecular formula is C14H22N2O. The molecule has 94 valence electrons. The van der Waals surface area contributed by atoms with Gasteiger partial charge in [0.25, 0.3) is 0 Å². The maximum Gasteiger partial charge on any atom is 0.0716 e. The van der Waals surface area contributed by atoms with E-state index >= 15 is 0 Å². The molecule has 0 bridgehead atoms. The minimum Gasteiger partial charge on any atom is -0.377 e. The summed E-state index contributed by atoms with van der Waals surface area (Å²) in [6.07, 6.45) is 1.09. The normalized spacial score (nSPS) is 17.0. The second kappa shape index (κ2) is 6.74. The predicted molar refractivity (Wildman–Crippen MR) is 70.0 cm³/mol. The van der Waals surface area contributed by atoms with Crippen molar-refractivity contribution >= 4 is 0 Å². The Labute approximate surface area is 104 Å². The maximum absolute atomic E-state index is 5.62. The molecule has 0 aliphatic carbocycles. The SMILES string of the molecule is CN1CC(NCCCOCc2ccccc2)C1. The number of hydrogen-bond donors (Lipinski definition) is 1. The van der Waals surface area contributed by atoms with Crippen LogP contribution in [0.25, 0.3) is 0 Å². The number of nitrogens with zero attached hydrogens (tertiary/aromatic N) is 1. The van der Waals surface area contributed by atoms with Crippen molar-refractivity contribution in [3.05, 3.63) is 35.9 Å². The van der Waals surface area contributed by atoms with Crippen molar-refractivity contribution < 1.29 is 4.74 Å². The number of benzene rings is 1. The van der Waals surface area contributed by atoms with E-state index in [1.165, 1.54) is 18.7 Å². The third kappa shape index (κ3) is 4.46. The van der Waals surface area contributed by atoms with Gasteiger partial charge in [0, 0.05) is 25.7 Å². The van der Waals surface area contributed by atoms with Gasteiger partial charge in [-0.05, 0) is 25.6 Å². The molecule has 0 radical (unpaired) electrons. The van der Waals surface area contributed by atoms with Crippen molar-refractivity contribution in [3.8, 4) is 0 Å². The first-order valence-electron chi connectivity index (χ1n) is 6.38. The highest BCUT2D eigenvalue weighted by Gasteiger charge is 2.21. The minimum absolute atomic E-state index is 0.703. The topological polar surface area (TPSA) is 24.5 Å². The highest BCUT2D eigenvalue weighted by molar-refractivity contribution is 5.13. The molecule has 1 N–H and O–H groups in total. The van der Waals surface area contributed by atoms with Crippen LogP contribution in [0.5, 0.6) is 0 Å². The van der Waals surface area contributed by atoms with Gasteiger partial charge in [0.1, 0.15) is 0 Å². The van der Waals surface area contributed by atoms with E-state index in [-0.39, 0.29) is 0 Å². The maximum atomic E-state index is 5.62. The molecule has 1 saturated heterocycles. The summed E-state index contributed by atoms with van der Waals surface area (Å²) >= 11 is 0. The molecule has 1 heterocycles. The van der Waals surface area contributed by atoms with Crippen molar-refractivity contribution in [2.45, 2.75) is 19.1 Å². The molecule has 3 nitrogen and oxygen atoms in total. The molecule has 1 fully saturated rings. The number of likely N-dealkylation sites (tertiary alicyclic amines) is 1. The van der Waals surface area contributed by atoms with Crippen LogP contribution in [0.15, 0.2) is 30.3 Å². The van der Waals surface area contributed by atoms with Crippen molar-refractivity contribution in [2.75, 3.05) is 33.3 Å². The second-order valence-corrected chi connectivity index (χ2v) is 4.76. The molecule has 0 spiro atoms. The molecular weight excluding hydrogens is 212 g/mol. The van der Waals surface area contributed by atoms with Gasteiger partial charge in [0.05, 0.1) is 6.61 Å². The molecule has 0 amide bonds. The van der Waals surface area contributed by atoms with Crippen molar-refractivity contribution in [1.82, 2.24) is 10.2 Å². The van der Waals surface area contributed by atoms with Crippen molar-refractivity contribution in [1.29, 1.82) is 0 Å². The highest BCUT2D eigenvalue weighted by atomic mass is 16.5. The average molecular weight is 234 g/mol. The Hall–Kier alpha value is -0.900. The number of likely N-dealkylation sites (N-methyl/N-ethyl adjacent to an activating group) is 1. The van der Waals surface area contributed by atoms with Crippen LogP contribution < -0.4 is 5.32 Å². The minimum atomic E-state index is 0.703. The summed E-state index contributed by atoms with van der Waals surface area (Å²) < 4.78 is 5.62. The van der Waals surface area contributed by atoms with E-state index in [1.54, 1.807) is 0 Å². The van der Waals surface area contributed by atoms with E-state index in [4.69, 9.17) is 4.74 Å². The molecule has 3 heteroatoms. The van der Waals surface area contributed by atoms with Gasteiger partial charge >= 0.3 is 0 Å². The predicted octanol–water partition coefficient (Wildman–Crippen LogP) is 1.50. The Kier molecular flexibility index (Phi) is 4.98. The van der Waals surface area contributed by atoms with Gasteiger partial charge in [-0.25, -0.2) is 0 Å². The zero-order valence-electron chi connectivity index (χ0n) is 10.6. The van der Waals surface area contributed by atoms with E-state index < -0.39 is 0 Å². The standard InChI is InChI=1S/C14H22N2O/c1-16-10-14(11-16)15-8-5-9-17-12-13-6-3-2-4-7-13/h2-4,6-7,14-15H,5,8-12H2,1H3. The number of nitrogens with one attached hydrogen (secondary N) is 1. The van der Waals surface area contributed by atoms with Gasteiger partial charge in [-0.2, -0.15) is 0 Å². The van der Waals surface area contributed by atoms with Crippen molar-refractivity contribution in [3.63, 3.8) is 0 Å². The molecule has 0 unspecified atom stereocenters. The Morgan fingerprint density at radius 3 is 2.76 bits per heavy atom. The lowest BCUT2D eigenvalue weighted by molar-refractivity contribution is 0.112. The fourth-order valence-corrected chi connectivity index (χ4v) is 2.07. The molecule has 0 saturated carbocycles. The number of hydrogen-bond acceptors (Lipinski definition) is 3. The van der Waals surface area contributed by atoms with Gasteiger partial charge in [-0.1, -0.05) is 30.3 Å². The largest absolute Gasteiger partial charge is 0.377 e. The summed E-state index contributed by atoms with van der Waals surface area (Å²) in [7, 11) is 2.15. The number of rotatable bonds is 7. The Bertz CT molecular complexity index is 309. The average Bonchev–Trinajstić information content (AvgIpc) is 2.32. The first-order chi connectivity index (χ1) is 8.34. The van der Waals surface area contributed by atoms with Crippen LogP contribution in [0, 0.1) is 0 Å². The summed E-state index contributed by atoms with van der Waals surface area (Å²) in [5.41, 5.74) is 1.25. The molecule has 1 aliphatic rings. The van der Waals surface area contributed by atoms with Crippen LogP contribution in [0.3, 0.4) is 0 Å². The molecule has 0 atom stereocenters. The summed E-state index contributed by atoms with van der Waals surface area (Å²) in [5.74, 6) is 0. The van der Waals surface area contributed by atoms with Gasteiger partial charge in [-0.3, -0.25) is 0 Å². The van der Waals surface area contributed by atoms with Gasteiger partial charge in [0.2, 0.25) is 0 Å². The molecule has 17 heavy (non-hydrogen) atoms. The smallest absolute Gasteiger partial charge is 0.0716 e. The van der Waals surface area contributed by atoms with E-state index in [2.05, 4.69) is 29.4 Å². The Morgan fingerprint density at radius 1 is 1.29 bits per heavy atom. The van der Waals surface area contributed by atoms with Crippen molar-refractivity contribution in [2.24, 2.45) is 0 Å². The molecule has 2 rings (SSSR count). The van der Waals surface area contributed by atoms with E-state index in [0.717, 1.165) is 26.2 Å². The zero-order chi connectivity index (χ0) is 11.9. The second-order valence-electron chi connectivity index (χ2n) is 4.76. The van der Waals surface area contributed by atoms with E-state index in [9.17, 15) is 0 Å². The van der Waals surface area contributed by atoms with E-state index in [0.29, 0.717) is 6.04 Å². The van der Waals surface area contributed by atoms with Crippen LogP contribution >= 0.6 is 0 Å². The van der Waals surface area contributed by atoms with Gasteiger partial charge in [-0.15, -0.1) is 0 Å². The van der Waals surface area contributed by atoms with Crippen LogP contribution in [-0.2, 0) is 11.3 Å². The first-order valence-corrected chi connectivity index (χ1v) is 6.38. The lowest BCUT2D eigenvalue weighted by atomic mass is 10.1. The van der Waals surface area contributed by atoms with Crippen LogP contribution in [0.2, 0.25) is 0 Å². The van der Waals surface area contributed by atoms with Gasteiger partial charge in [0.15, 0.2) is 0 Å². The lowest BCUT2D eigenvalue weighted by Gasteiger charge is -2.36. The van der Waals surface area contributed by atoms with Crippen LogP contribution in [-0.4, -0.2) is 44.2 Å².